The molecule has 0 saturated heterocycles. The van der Waals surface area contributed by atoms with Crippen molar-refractivity contribution in [3.05, 3.63) is 0 Å². The number of esters is 1. The molecule has 0 saturated carbocycles. The molecule has 0 aliphatic rings. The van der Waals surface area contributed by atoms with Crippen molar-refractivity contribution in [1.29, 1.82) is 0 Å². The quantitative estimate of drug-likeness (QED) is 0.0285. The van der Waals surface area contributed by atoms with Gasteiger partial charge in [-0.2, -0.15) is 0 Å². The third-order valence-electron chi connectivity index (χ3n) is 10.2. The van der Waals surface area contributed by atoms with Crippen molar-refractivity contribution in [1.82, 2.24) is 0 Å². The van der Waals surface area contributed by atoms with Gasteiger partial charge in [-0.1, -0.05) is 200 Å². The van der Waals surface area contributed by atoms with Crippen molar-refractivity contribution in [2.75, 3.05) is 54.1 Å². The fourth-order valence-corrected chi connectivity index (χ4v) is 7.35. The minimum Gasteiger partial charge on any atom is -0.457 e. The first-order chi connectivity index (χ1) is 25.6. The Morgan fingerprint density at radius 1 is 0.509 bits per heavy atom. The number of hydrogen-bond acceptors (Lipinski definition) is 6. The summed E-state index contributed by atoms with van der Waals surface area (Å²) in [6.45, 7) is 5.68. The Morgan fingerprint density at radius 2 is 0.868 bits per heavy atom. The van der Waals surface area contributed by atoms with Crippen LogP contribution in [0.25, 0.3) is 0 Å². The van der Waals surface area contributed by atoms with Crippen LogP contribution in [0.1, 0.15) is 219 Å². The molecular formula is C44H91NO7P+. The maximum Gasteiger partial charge on any atom is 0.472 e. The lowest BCUT2D eigenvalue weighted by atomic mass is 10.0. The van der Waals surface area contributed by atoms with E-state index in [0.717, 1.165) is 32.1 Å². The number of quaternary nitrogens is 1. The van der Waals surface area contributed by atoms with Crippen LogP contribution >= 0.6 is 7.82 Å². The highest BCUT2D eigenvalue weighted by atomic mass is 31.2. The second kappa shape index (κ2) is 38.4. The number of rotatable bonds is 43. The molecule has 0 aliphatic heterocycles. The normalized spacial score (nSPS) is 13.7. The Bertz CT molecular complexity index is 822. The minimum atomic E-state index is -4.26. The van der Waals surface area contributed by atoms with Gasteiger partial charge in [-0.3, -0.25) is 13.8 Å². The summed E-state index contributed by atoms with van der Waals surface area (Å²) in [5.74, 6) is -0.307. The van der Waals surface area contributed by atoms with Gasteiger partial charge < -0.3 is 18.9 Å². The van der Waals surface area contributed by atoms with Crippen LogP contribution in [0.4, 0.5) is 0 Å². The van der Waals surface area contributed by atoms with Crippen molar-refractivity contribution in [3.8, 4) is 0 Å². The molecule has 0 fully saturated rings. The second-order valence-electron chi connectivity index (χ2n) is 16.8. The molecule has 318 valence electrons. The summed E-state index contributed by atoms with van der Waals surface area (Å²) in [6.07, 6.45) is 39.8. The van der Waals surface area contributed by atoms with Crippen molar-refractivity contribution >= 4 is 13.8 Å². The van der Waals surface area contributed by atoms with E-state index in [2.05, 4.69) is 13.8 Å². The number of carbonyl (C=O) groups is 1. The zero-order chi connectivity index (χ0) is 39.1. The fraction of sp³-hybridized carbons (Fsp3) is 0.977. The minimum absolute atomic E-state index is 0.0939. The van der Waals surface area contributed by atoms with Crippen LogP contribution in [0.5, 0.6) is 0 Å². The average Bonchev–Trinajstić information content (AvgIpc) is 3.11. The zero-order valence-corrected chi connectivity index (χ0v) is 36.9. The molecular weight excluding hydrogens is 685 g/mol. The third kappa shape index (κ3) is 42.5. The Balaban J connectivity index is 4.17. The highest BCUT2D eigenvalue weighted by Gasteiger charge is 2.26. The second-order valence-corrected chi connectivity index (χ2v) is 18.3. The van der Waals surface area contributed by atoms with Crippen molar-refractivity contribution < 1.29 is 37.3 Å². The predicted octanol–water partition coefficient (Wildman–Crippen LogP) is 13.3. The van der Waals surface area contributed by atoms with Gasteiger partial charge in [0.05, 0.1) is 34.4 Å². The van der Waals surface area contributed by atoms with Gasteiger partial charge in [0.2, 0.25) is 0 Å². The van der Waals surface area contributed by atoms with E-state index in [1.165, 1.54) is 167 Å². The Kier molecular flexibility index (Phi) is 38.0. The van der Waals surface area contributed by atoms with E-state index < -0.39 is 13.9 Å². The van der Waals surface area contributed by atoms with Crippen LogP contribution in [0.3, 0.4) is 0 Å². The van der Waals surface area contributed by atoms with Crippen LogP contribution in [-0.2, 0) is 27.9 Å². The molecule has 0 aliphatic carbocycles. The van der Waals surface area contributed by atoms with Crippen LogP contribution < -0.4 is 0 Å². The summed E-state index contributed by atoms with van der Waals surface area (Å²) in [7, 11) is 1.69. The van der Waals surface area contributed by atoms with Crippen molar-refractivity contribution in [3.63, 3.8) is 0 Å². The van der Waals surface area contributed by atoms with E-state index in [4.69, 9.17) is 18.5 Å². The standard InChI is InChI=1S/C44H90NO7P/c1-6-8-10-12-14-16-18-20-22-23-25-27-29-31-33-35-37-44(46)52-43(42-51-53(47,48)50-40-38-45(3,4)5)41-49-39-36-34-32-30-28-26-24-21-19-17-15-13-11-9-7-2/h43H,6-42H2,1-5H3/p+1. The van der Waals surface area contributed by atoms with Gasteiger partial charge in [0, 0.05) is 13.0 Å². The smallest absolute Gasteiger partial charge is 0.457 e. The van der Waals surface area contributed by atoms with E-state index in [9.17, 15) is 14.3 Å². The average molecular weight is 777 g/mol. The summed E-state index contributed by atoms with van der Waals surface area (Å²) in [5, 5.41) is 0. The summed E-state index contributed by atoms with van der Waals surface area (Å²) in [4.78, 5) is 22.9. The van der Waals surface area contributed by atoms with Gasteiger partial charge in [-0.15, -0.1) is 0 Å². The number of phosphoric acid groups is 1. The first-order valence-electron chi connectivity index (χ1n) is 22.8. The van der Waals surface area contributed by atoms with E-state index in [0.29, 0.717) is 24.1 Å². The van der Waals surface area contributed by atoms with Crippen molar-refractivity contribution in [2.24, 2.45) is 0 Å². The Hall–Kier alpha value is -0.500. The maximum atomic E-state index is 12.7. The molecule has 9 heteroatoms. The molecule has 0 bridgehead atoms. The number of phosphoric ester groups is 1. The monoisotopic (exact) mass is 777 g/mol. The molecule has 0 aromatic heterocycles. The molecule has 0 spiro atoms. The van der Waals surface area contributed by atoms with Gasteiger partial charge in [0.15, 0.2) is 0 Å². The predicted molar refractivity (Wildman–Crippen MR) is 224 cm³/mol. The van der Waals surface area contributed by atoms with Gasteiger partial charge in [0.25, 0.3) is 0 Å². The molecule has 0 heterocycles. The lowest BCUT2D eigenvalue weighted by Gasteiger charge is -2.24. The lowest BCUT2D eigenvalue weighted by Crippen LogP contribution is -2.37. The number of ether oxygens (including phenoxy) is 2. The molecule has 0 aromatic carbocycles. The van der Waals surface area contributed by atoms with Gasteiger partial charge in [-0.05, 0) is 12.8 Å². The first-order valence-corrected chi connectivity index (χ1v) is 24.3. The highest BCUT2D eigenvalue weighted by molar-refractivity contribution is 7.47. The molecule has 1 N–H and O–H groups in total. The molecule has 0 aromatic rings. The number of likely N-dealkylation sites (N-methyl/N-ethyl adjacent to an activating group) is 1. The van der Waals surface area contributed by atoms with Crippen LogP contribution in [0.2, 0.25) is 0 Å². The number of nitrogens with zero attached hydrogens (tertiary/aromatic N) is 1. The van der Waals surface area contributed by atoms with Crippen LogP contribution in [0, 0.1) is 0 Å². The zero-order valence-electron chi connectivity index (χ0n) is 36.0. The third-order valence-corrected chi connectivity index (χ3v) is 11.2. The topological polar surface area (TPSA) is 91.3 Å². The van der Waals surface area contributed by atoms with Gasteiger partial charge in [0.1, 0.15) is 19.3 Å². The summed E-state index contributed by atoms with van der Waals surface area (Å²) >= 11 is 0. The molecule has 0 amide bonds. The molecule has 0 rings (SSSR count). The van der Waals surface area contributed by atoms with E-state index in [-0.39, 0.29) is 25.8 Å². The van der Waals surface area contributed by atoms with E-state index >= 15 is 0 Å². The summed E-state index contributed by atoms with van der Waals surface area (Å²) < 4.78 is 35.0. The summed E-state index contributed by atoms with van der Waals surface area (Å²) in [5.41, 5.74) is 0. The van der Waals surface area contributed by atoms with Gasteiger partial charge in [-0.25, -0.2) is 4.57 Å². The molecule has 53 heavy (non-hydrogen) atoms. The number of hydrogen-bond donors (Lipinski definition) is 1. The van der Waals surface area contributed by atoms with Crippen LogP contribution in [-0.4, -0.2) is 75.6 Å². The highest BCUT2D eigenvalue weighted by Crippen LogP contribution is 2.43. The lowest BCUT2D eigenvalue weighted by molar-refractivity contribution is -0.870. The van der Waals surface area contributed by atoms with E-state index in [1.54, 1.807) is 0 Å². The first kappa shape index (κ1) is 52.5. The molecule has 2 unspecified atom stereocenters. The van der Waals surface area contributed by atoms with Gasteiger partial charge >= 0.3 is 13.8 Å². The Morgan fingerprint density at radius 3 is 1.25 bits per heavy atom. The molecule has 2 atom stereocenters. The SMILES string of the molecule is CCCCCCCCCCCCCCCCCCC(=O)OC(COCCCCCCCCCCCCCCCCC)COP(=O)(O)OCC[N+](C)(C)C. The molecule has 8 nitrogen and oxygen atoms in total. The molecule has 0 radical (unpaired) electrons. The number of carbonyl (C=O) groups excluding carboxylic acids is 1. The number of unbranched alkanes of at least 4 members (excludes halogenated alkanes) is 29. The van der Waals surface area contributed by atoms with Crippen LogP contribution in [0.15, 0.2) is 0 Å². The summed E-state index contributed by atoms with van der Waals surface area (Å²) in [6, 6.07) is 0. The maximum absolute atomic E-state index is 12.7. The largest absolute Gasteiger partial charge is 0.472 e. The van der Waals surface area contributed by atoms with E-state index in [1.807, 2.05) is 21.1 Å². The van der Waals surface area contributed by atoms with Crippen molar-refractivity contribution in [2.45, 2.75) is 225 Å². The Labute approximate surface area is 329 Å². The fourth-order valence-electron chi connectivity index (χ4n) is 6.61.